The molecule has 60 valence electrons. The van der Waals surface area contributed by atoms with Crippen molar-refractivity contribution in [3.05, 3.63) is 0 Å². The Morgan fingerprint density at radius 1 is 1.00 bits per heavy atom. The summed E-state index contributed by atoms with van der Waals surface area (Å²) < 4.78 is 0. The monoisotopic (exact) mass is 146 g/mol. The normalized spacial score (nSPS) is 14.0. The maximum Gasteiger partial charge on any atom is 0.108 e. The lowest BCUT2D eigenvalue weighted by Crippen LogP contribution is -2.15. The summed E-state index contributed by atoms with van der Waals surface area (Å²) in [6, 6.07) is 0. The van der Waals surface area contributed by atoms with Crippen LogP contribution in [0, 0.1) is 5.92 Å². The molecule has 1 atom stereocenters. The van der Waals surface area contributed by atoms with Crippen LogP contribution in [-0.4, -0.2) is 43.0 Å². The summed E-state index contributed by atoms with van der Waals surface area (Å²) in [7, 11) is 1.89. The zero-order valence-corrected chi connectivity index (χ0v) is 6.32. The van der Waals surface area contributed by atoms with E-state index in [1.165, 1.54) is 0 Å². The molecule has 0 aliphatic carbocycles. The molecule has 0 saturated carbocycles. The molecule has 0 aliphatic heterocycles. The topological polar surface area (TPSA) is 60.7 Å². The Balaban J connectivity index is 3.41. The Morgan fingerprint density at radius 3 is 1.80 bits per heavy atom. The van der Waals surface area contributed by atoms with Crippen LogP contribution in [0.2, 0.25) is 5.82 Å². The molecule has 0 bridgehead atoms. The van der Waals surface area contributed by atoms with Gasteiger partial charge in [-0.15, -0.1) is 0 Å². The molecule has 0 fully saturated rings. The average Bonchev–Trinajstić information content (AvgIpc) is 1.99. The Kier molecular flexibility index (Phi) is 5.68. The minimum atomic E-state index is -0.0675. The molecule has 0 aromatic carbocycles. The minimum Gasteiger partial charge on any atom is -0.397 e. The fourth-order valence-electron chi connectivity index (χ4n) is 0.850. The van der Waals surface area contributed by atoms with Gasteiger partial charge < -0.3 is 15.3 Å². The second-order valence-corrected chi connectivity index (χ2v) is 2.75. The van der Waals surface area contributed by atoms with Crippen molar-refractivity contribution in [2.24, 2.45) is 5.92 Å². The molecule has 0 aromatic rings. The van der Waals surface area contributed by atoms with Gasteiger partial charge in [0.25, 0.3) is 0 Å². The third-order valence-electron chi connectivity index (χ3n) is 1.56. The Labute approximate surface area is 62.1 Å². The van der Waals surface area contributed by atoms with E-state index in [2.05, 4.69) is 0 Å². The molecular weight excluding hydrogens is 131 g/mol. The van der Waals surface area contributed by atoms with Gasteiger partial charge in [-0.05, 0) is 12.2 Å². The van der Waals surface area contributed by atoms with Crippen molar-refractivity contribution in [3.8, 4) is 0 Å². The van der Waals surface area contributed by atoms with Crippen LogP contribution in [0.15, 0.2) is 0 Å². The molecule has 0 aliphatic rings. The van der Waals surface area contributed by atoms with Crippen molar-refractivity contribution in [2.75, 3.05) is 19.8 Å². The van der Waals surface area contributed by atoms with Crippen LogP contribution < -0.4 is 0 Å². The molecule has 0 radical (unpaired) electrons. The van der Waals surface area contributed by atoms with Crippen LogP contribution in [0.25, 0.3) is 0 Å². The number of rotatable bonds is 5. The van der Waals surface area contributed by atoms with E-state index in [1.807, 2.05) is 7.85 Å². The van der Waals surface area contributed by atoms with E-state index in [9.17, 15) is 0 Å². The Bertz CT molecular complexity index is 75.4. The van der Waals surface area contributed by atoms with Crippen molar-refractivity contribution >= 4 is 7.85 Å². The summed E-state index contributed by atoms with van der Waals surface area (Å²) in [5.41, 5.74) is 0. The summed E-state index contributed by atoms with van der Waals surface area (Å²) in [5, 5.41) is 25.9. The molecule has 4 heteroatoms. The SMILES string of the molecule is B[C@@H](CO)CC(CO)CO. The summed E-state index contributed by atoms with van der Waals surface area (Å²) >= 11 is 0. The number of hydrogen-bond acceptors (Lipinski definition) is 3. The third-order valence-corrected chi connectivity index (χ3v) is 1.56. The summed E-state index contributed by atoms with van der Waals surface area (Å²) in [6.07, 6.45) is 0.684. The molecule has 0 heterocycles. The molecule has 0 saturated heterocycles. The summed E-state index contributed by atoms with van der Waals surface area (Å²) in [4.78, 5) is 0. The molecular formula is C6H15BO3. The summed E-state index contributed by atoms with van der Waals surface area (Å²) in [5.74, 6) is 0.103. The van der Waals surface area contributed by atoms with Crippen LogP contribution in [0.5, 0.6) is 0 Å². The zero-order chi connectivity index (χ0) is 7.98. The van der Waals surface area contributed by atoms with E-state index in [4.69, 9.17) is 15.3 Å². The van der Waals surface area contributed by atoms with Crippen LogP contribution >= 0.6 is 0 Å². The first-order valence-electron chi connectivity index (χ1n) is 3.57. The van der Waals surface area contributed by atoms with E-state index in [0.717, 1.165) is 0 Å². The average molecular weight is 146 g/mol. The van der Waals surface area contributed by atoms with Gasteiger partial charge in [-0.25, -0.2) is 0 Å². The quantitative estimate of drug-likeness (QED) is 0.409. The van der Waals surface area contributed by atoms with Crippen LogP contribution in [0.1, 0.15) is 6.42 Å². The molecule has 0 aromatic heterocycles. The molecule has 0 amide bonds. The van der Waals surface area contributed by atoms with Gasteiger partial charge in [0.15, 0.2) is 0 Å². The Morgan fingerprint density at radius 2 is 1.50 bits per heavy atom. The van der Waals surface area contributed by atoms with Crippen molar-refractivity contribution < 1.29 is 15.3 Å². The van der Waals surface area contributed by atoms with Crippen molar-refractivity contribution in [2.45, 2.75) is 12.2 Å². The second-order valence-electron chi connectivity index (χ2n) is 2.75. The maximum atomic E-state index is 8.63. The zero-order valence-electron chi connectivity index (χ0n) is 6.32. The lowest BCUT2D eigenvalue weighted by atomic mass is 9.81. The second kappa shape index (κ2) is 5.71. The highest BCUT2D eigenvalue weighted by atomic mass is 16.3. The first-order valence-corrected chi connectivity index (χ1v) is 3.57. The van der Waals surface area contributed by atoms with E-state index in [0.29, 0.717) is 6.42 Å². The highest BCUT2D eigenvalue weighted by Gasteiger charge is 2.09. The van der Waals surface area contributed by atoms with Crippen molar-refractivity contribution in [1.82, 2.24) is 0 Å². The van der Waals surface area contributed by atoms with Gasteiger partial charge in [0.05, 0.1) is 0 Å². The van der Waals surface area contributed by atoms with Crippen LogP contribution in [0.3, 0.4) is 0 Å². The van der Waals surface area contributed by atoms with Crippen LogP contribution in [0.4, 0.5) is 0 Å². The Hall–Kier alpha value is -0.0551. The standard InChI is InChI=1S/C6H15BO3/c7-6(4-10)1-5(2-8)3-9/h5-6,8-10H,1-4,7H2/t6-/m1/s1. The van der Waals surface area contributed by atoms with Gasteiger partial charge in [0.2, 0.25) is 0 Å². The maximum absolute atomic E-state index is 8.63. The number of aliphatic hydroxyl groups excluding tert-OH is 3. The van der Waals surface area contributed by atoms with Crippen molar-refractivity contribution in [1.29, 1.82) is 0 Å². The fourth-order valence-corrected chi connectivity index (χ4v) is 0.850. The first kappa shape index (κ1) is 9.94. The molecule has 0 unspecified atom stereocenters. The van der Waals surface area contributed by atoms with Crippen LogP contribution in [-0.2, 0) is 0 Å². The van der Waals surface area contributed by atoms with Crippen molar-refractivity contribution in [3.63, 3.8) is 0 Å². The minimum absolute atomic E-state index is 0.000833. The molecule has 3 nitrogen and oxygen atoms in total. The molecule has 10 heavy (non-hydrogen) atoms. The number of aliphatic hydroxyl groups is 3. The summed E-state index contributed by atoms with van der Waals surface area (Å²) in [6.45, 7) is 0.123. The smallest absolute Gasteiger partial charge is 0.108 e. The van der Waals surface area contributed by atoms with Gasteiger partial charge in [-0.2, -0.15) is 0 Å². The predicted octanol–water partition coefficient (Wildman–Crippen LogP) is -1.61. The predicted molar refractivity (Wildman–Crippen MR) is 41.7 cm³/mol. The van der Waals surface area contributed by atoms with E-state index in [1.54, 1.807) is 0 Å². The fraction of sp³-hybridized carbons (Fsp3) is 1.00. The van der Waals surface area contributed by atoms with E-state index in [-0.39, 0.29) is 31.6 Å². The molecule has 0 spiro atoms. The molecule has 0 rings (SSSR count). The van der Waals surface area contributed by atoms with E-state index < -0.39 is 0 Å². The lowest BCUT2D eigenvalue weighted by Gasteiger charge is -2.14. The van der Waals surface area contributed by atoms with Gasteiger partial charge in [-0.3, -0.25) is 0 Å². The lowest BCUT2D eigenvalue weighted by molar-refractivity contribution is 0.136. The highest BCUT2D eigenvalue weighted by molar-refractivity contribution is 6.11. The highest BCUT2D eigenvalue weighted by Crippen LogP contribution is 2.12. The van der Waals surface area contributed by atoms with Gasteiger partial charge in [0.1, 0.15) is 7.85 Å². The third kappa shape index (κ3) is 3.87. The largest absolute Gasteiger partial charge is 0.397 e. The van der Waals surface area contributed by atoms with E-state index >= 15 is 0 Å². The van der Waals surface area contributed by atoms with Gasteiger partial charge >= 0.3 is 0 Å². The number of hydrogen-bond donors (Lipinski definition) is 3. The first-order chi connectivity index (χ1) is 4.74. The van der Waals surface area contributed by atoms with Gasteiger partial charge in [0, 0.05) is 25.7 Å². The molecule has 3 N–H and O–H groups in total. The van der Waals surface area contributed by atoms with Gasteiger partial charge in [-0.1, -0.05) is 0 Å².